The molecule has 0 bridgehead atoms. The van der Waals surface area contributed by atoms with Crippen molar-refractivity contribution in [2.24, 2.45) is 5.92 Å². The van der Waals surface area contributed by atoms with Crippen molar-refractivity contribution in [3.63, 3.8) is 0 Å². The van der Waals surface area contributed by atoms with Gasteiger partial charge in [-0.3, -0.25) is 9.59 Å². The molecule has 0 radical (unpaired) electrons. The summed E-state index contributed by atoms with van der Waals surface area (Å²) < 4.78 is 2.36. The summed E-state index contributed by atoms with van der Waals surface area (Å²) in [5.41, 5.74) is 2.60. The molecule has 1 N–H and O–H groups in total. The van der Waals surface area contributed by atoms with E-state index >= 15 is 0 Å². The zero-order valence-electron chi connectivity index (χ0n) is 16.9. The summed E-state index contributed by atoms with van der Waals surface area (Å²) in [6.07, 6.45) is 2.68. The second-order valence-electron chi connectivity index (χ2n) is 7.60. The van der Waals surface area contributed by atoms with Crippen LogP contribution in [0.25, 0.3) is 15.9 Å². The predicted octanol–water partition coefficient (Wildman–Crippen LogP) is 3.50. The van der Waals surface area contributed by atoms with Crippen LogP contribution in [0.1, 0.15) is 31.7 Å². The van der Waals surface area contributed by atoms with Crippen LogP contribution in [-0.4, -0.2) is 35.1 Å². The number of carbonyl (C=O) groups is 1. The molecular formula is C22H26N4O2S. The molecule has 0 unspecified atom stereocenters. The number of rotatable bonds is 5. The van der Waals surface area contributed by atoms with E-state index in [1.165, 1.54) is 11.3 Å². The van der Waals surface area contributed by atoms with Gasteiger partial charge in [-0.2, -0.15) is 0 Å². The second kappa shape index (κ2) is 8.37. The predicted molar refractivity (Wildman–Crippen MR) is 118 cm³/mol. The summed E-state index contributed by atoms with van der Waals surface area (Å²) in [4.78, 5) is 32.8. The van der Waals surface area contributed by atoms with Crippen molar-refractivity contribution in [2.45, 2.75) is 33.1 Å². The number of piperidine rings is 1. The van der Waals surface area contributed by atoms with Gasteiger partial charge in [0.15, 0.2) is 0 Å². The number of thiophene rings is 1. The summed E-state index contributed by atoms with van der Waals surface area (Å²) in [7, 11) is 0. The minimum absolute atomic E-state index is 0.0542. The third-order valence-corrected chi connectivity index (χ3v) is 6.27. The first kappa shape index (κ1) is 19.6. The third-order valence-electron chi connectivity index (χ3n) is 5.38. The number of anilines is 1. The largest absolute Gasteiger partial charge is 0.356 e. The molecule has 1 amide bonds. The standard InChI is InChI=1S/C22H26N4O2S/c1-3-11-23-20(27)16-5-4-12-25(14-16)22-24-18-10-13-29-19(18)21(28)26(22)17-8-6-15(2)7-9-17/h6-10,13,16H,3-5,11-12,14H2,1-2H3,(H,23,27)/t16-/m1/s1. The van der Waals surface area contributed by atoms with Crippen LogP contribution in [0.3, 0.4) is 0 Å². The van der Waals surface area contributed by atoms with Gasteiger partial charge in [-0.15, -0.1) is 11.3 Å². The molecule has 3 heterocycles. The van der Waals surface area contributed by atoms with Crippen LogP contribution >= 0.6 is 11.3 Å². The van der Waals surface area contributed by atoms with Gasteiger partial charge in [0.05, 0.1) is 17.1 Å². The Morgan fingerprint density at radius 3 is 2.83 bits per heavy atom. The molecule has 1 aliphatic heterocycles. The molecule has 0 spiro atoms. The fraction of sp³-hybridized carbons (Fsp3) is 0.409. The average Bonchev–Trinajstić information content (AvgIpc) is 3.22. The van der Waals surface area contributed by atoms with Gasteiger partial charge in [-0.1, -0.05) is 24.6 Å². The highest BCUT2D eigenvalue weighted by Crippen LogP contribution is 2.26. The molecule has 152 valence electrons. The minimum Gasteiger partial charge on any atom is -0.356 e. The minimum atomic E-state index is -0.0863. The van der Waals surface area contributed by atoms with Crippen LogP contribution in [0.4, 0.5) is 5.95 Å². The molecule has 0 saturated carbocycles. The van der Waals surface area contributed by atoms with Crippen LogP contribution in [0.5, 0.6) is 0 Å². The second-order valence-corrected chi connectivity index (χ2v) is 8.52. The van der Waals surface area contributed by atoms with E-state index in [1.807, 2.05) is 49.6 Å². The Labute approximate surface area is 174 Å². The van der Waals surface area contributed by atoms with E-state index in [0.717, 1.165) is 42.6 Å². The van der Waals surface area contributed by atoms with Gasteiger partial charge in [0.25, 0.3) is 5.56 Å². The molecule has 1 aromatic carbocycles. The Morgan fingerprint density at radius 1 is 1.28 bits per heavy atom. The highest BCUT2D eigenvalue weighted by molar-refractivity contribution is 7.17. The highest BCUT2D eigenvalue weighted by Gasteiger charge is 2.29. The summed E-state index contributed by atoms with van der Waals surface area (Å²) >= 11 is 1.42. The Bertz CT molecular complexity index is 1070. The van der Waals surface area contributed by atoms with E-state index in [1.54, 1.807) is 4.57 Å². The number of nitrogens with zero attached hydrogens (tertiary/aromatic N) is 3. The molecule has 29 heavy (non-hydrogen) atoms. The average molecular weight is 411 g/mol. The van der Waals surface area contributed by atoms with E-state index in [-0.39, 0.29) is 17.4 Å². The van der Waals surface area contributed by atoms with E-state index in [2.05, 4.69) is 10.2 Å². The summed E-state index contributed by atoms with van der Waals surface area (Å²) in [6.45, 7) is 6.13. The number of aromatic nitrogens is 2. The number of fused-ring (bicyclic) bond motifs is 1. The van der Waals surface area contributed by atoms with Gasteiger partial charge in [0.2, 0.25) is 11.9 Å². The summed E-state index contributed by atoms with van der Waals surface area (Å²) in [5, 5.41) is 4.91. The lowest BCUT2D eigenvalue weighted by Crippen LogP contribution is -2.45. The van der Waals surface area contributed by atoms with Crippen molar-refractivity contribution in [2.75, 3.05) is 24.5 Å². The molecule has 1 atom stereocenters. The van der Waals surface area contributed by atoms with Crippen LogP contribution in [0.2, 0.25) is 0 Å². The van der Waals surface area contributed by atoms with Crippen LogP contribution in [0.15, 0.2) is 40.5 Å². The van der Waals surface area contributed by atoms with E-state index in [9.17, 15) is 9.59 Å². The van der Waals surface area contributed by atoms with Crippen molar-refractivity contribution in [3.05, 3.63) is 51.6 Å². The maximum atomic E-state index is 13.3. The lowest BCUT2D eigenvalue weighted by Gasteiger charge is -2.34. The lowest BCUT2D eigenvalue weighted by molar-refractivity contribution is -0.125. The van der Waals surface area contributed by atoms with Crippen molar-refractivity contribution in [1.82, 2.24) is 14.9 Å². The van der Waals surface area contributed by atoms with Crippen LogP contribution in [-0.2, 0) is 4.79 Å². The van der Waals surface area contributed by atoms with Gasteiger partial charge in [0.1, 0.15) is 4.70 Å². The van der Waals surface area contributed by atoms with Gasteiger partial charge in [-0.25, -0.2) is 9.55 Å². The smallest absolute Gasteiger partial charge is 0.277 e. The fourth-order valence-corrected chi connectivity index (χ4v) is 4.56. The normalized spacial score (nSPS) is 16.9. The highest BCUT2D eigenvalue weighted by atomic mass is 32.1. The molecule has 4 rings (SSSR count). The van der Waals surface area contributed by atoms with Gasteiger partial charge >= 0.3 is 0 Å². The van der Waals surface area contributed by atoms with Crippen molar-refractivity contribution < 1.29 is 4.79 Å². The first-order valence-corrected chi connectivity index (χ1v) is 11.1. The van der Waals surface area contributed by atoms with Crippen molar-refractivity contribution in [3.8, 4) is 5.69 Å². The van der Waals surface area contributed by atoms with Crippen molar-refractivity contribution in [1.29, 1.82) is 0 Å². The number of hydrogen-bond donors (Lipinski definition) is 1. The lowest BCUT2D eigenvalue weighted by atomic mass is 9.97. The molecule has 1 saturated heterocycles. The van der Waals surface area contributed by atoms with Crippen molar-refractivity contribution >= 4 is 33.4 Å². The Hall–Kier alpha value is -2.67. The van der Waals surface area contributed by atoms with Crippen LogP contribution in [0, 0.1) is 12.8 Å². The number of benzene rings is 1. The Kier molecular flexibility index (Phi) is 5.67. The fourth-order valence-electron chi connectivity index (χ4n) is 3.80. The maximum Gasteiger partial charge on any atom is 0.277 e. The van der Waals surface area contributed by atoms with Gasteiger partial charge in [0, 0.05) is 19.6 Å². The number of amides is 1. The maximum absolute atomic E-state index is 13.3. The molecule has 3 aromatic rings. The molecule has 7 heteroatoms. The van der Waals surface area contributed by atoms with Crippen LogP contribution < -0.4 is 15.8 Å². The molecule has 2 aromatic heterocycles. The summed E-state index contributed by atoms with van der Waals surface area (Å²) in [5.74, 6) is 0.631. The van der Waals surface area contributed by atoms with E-state index in [4.69, 9.17) is 4.98 Å². The molecular weight excluding hydrogens is 384 g/mol. The number of nitrogens with one attached hydrogen (secondary N) is 1. The molecule has 6 nitrogen and oxygen atoms in total. The Balaban J connectivity index is 1.76. The van der Waals surface area contributed by atoms with Gasteiger partial charge in [-0.05, 0) is 49.8 Å². The first-order chi connectivity index (χ1) is 14.1. The zero-order valence-corrected chi connectivity index (χ0v) is 17.7. The summed E-state index contributed by atoms with van der Waals surface area (Å²) in [6, 6.07) is 9.80. The zero-order chi connectivity index (χ0) is 20.4. The topological polar surface area (TPSA) is 67.2 Å². The van der Waals surface area contributed by atoms with E-state index in [0.29, 0.717) is 23.7 Å². The third kappa shape index (κ3) is 3.92. The first-order valence-electron chi connectivity index (χ1n) is 10.2. The monoisotopic (exact) mass is 410 g/mol. The number of hydrogen-bond acceptors (Lipinski definition) is 5. The molecule has 1 fully saturated rings. The molecule has 0 aliphatic carbocycles. The quantitative estimate of drug-likeness (QED) is 0.699. The Morgan fingerprint density at radius 2 is 2.07 bits per heavy atom. The van der Waals surface area contributed by atoms with E-state index < -0.39 is 0 Å². The SMILES string of the molecule is CCCNC(=O)[C@@H]1CCCN(c2nc3ccsc3c(=O)n2-c2ccc(C)cc2)C1. The number of carbonyl (C=O) groups excluding carboxylic acids is 1. The number of aryl methyl sites for hydroxylation is 1. The van der Waals surface area contributed by atoms with Gasteiger partial charge < -0.3 is 10.2 Å². The molecule has 1 aliphatic rings.